The Morgan fingerprint density at radius 1 is 1.34 bits per heavy atom. The highest BCUT2D eigenvalue weighted by molar-refractivity contribution is 14.0. The zero-order valence-corrected chi connectivity index (χ0v) is 19.1. The molecule has 2 saturated heterocycles. The number of nitrogens with zero attached hydrogens (tertiary/aromatic N) is 2. The first-order chi connectivity index (χ1) is 13.3. The molecule has 2 unspecified atom stereocenters. The maximum atomic E-state index is 13.0. The number of ether oxygens (including phenoxy) is 2. The second-order valence-corrected chi connectivity index (χ2v) is 7.71. The number of guanidine groups is 1. The Bertz CT molecular complexity index is 694. The summed E-state index contributed by atoms with van der Waals surface area (Å²) in [7, 11) is 0. The molecule has 0 amide bonds. The maximum Gasteiger partial charge on any atom is 0.416 e. The Balaban J connectivity index is 0.00000300. The summed E-state index contributed by atoms with van der Waals surface area (Å²) < 4.78 is 50.4. The molecule has 2 atom stereocenters. The van der Waals surface area contributed by atoms with Crippen LogP contribution in [0.2, 0.25) is 0 Å². The number of rotatable bonds is 4. The molecule has 0 radical (unpaired) electrons. The zero-order chi connectivity index (χ0) is 20.2. The summed E-state index contributed by atoms with van der Waals surface area (Å²) in [5.41, 5.74) is -0.0834. The van der Waals surface area contributed by atoms with Crippen LogP contribution >= 0.6 is 24.0 Å². The molecule has 1 aromatic carbocycles. The quantitative estimate of drug-likeness (QED) is 0.364. The van der Waals surface area contributed by atoms with Gasteiger partial charge in [-0.15, -0.1) is 24.0 Å². The van der Waals surface area contributed by atoms with E-state index in [4.69, 9.17) is 14.5 Å². The van der Waals surface area contributed by atoms with Crippen molar-refractivity contribution < 1.29 is 22.6 Å². The fraction of sp³-hybridized carbons (Fsp3) is 0.650. The molecule has 2 heterocycles. The third-order valence-corrected chi connectivity index (χ3v) is 5.20. The molecule has 5 nitrogen and oxygen atoms in total. The molecule has 29 heavy (non-hydrogen) atoms. The number of hydrogen-bond donors (Lipinski definition) is 1. The normalized spacial score (nSPS) is 25.6. The van der Waals surface area contributed by atoms with Gasteiger partial charge in [-0.1, -0.05) is 19.1 Å². The molecular formula is C20H29F3IN3O2. The highest BCUT2D eigenvalue weighted by Gasteiger charge is 2.33. The van der Waals surface area contributed by atoms with Crippen LogP contribution in [0, 0.1) is 5.41 Å². The van der Waals surface area contributed by atoms with Crippen molar-refractivity contribution in [1.29, 1.82) is 0 Å². The number of aliphatic imine (C=N–C) groups is 1. The third kappa shape index (κ3) is 6.45. The minimum Gasteiger partial charge on any atom is -0.381 e. The average molecular weight is 527 g/mol. The van der Waals surface area contributed by atoms with E-state index in [-0.39, 0.29) is 29.4 Å². The molecule has 2 aliphatic heterocycles. The topological polar surface area (TPSA) is 46.1 Å². The van der Waals surface area contributed by atoms with Gasteiger partial charge in [0, 0.05) is 25.1 Å². The van der Waals surface area contributed by atoms with Crippen LogP contribution in [0.15, 0.2) is 29.3 Å². The van der Waals surface area contributed by atoms with Crippen molar-refractivity contribution in [1.82, 2.24) is 10.2 Å². The predicted molar refractivity (Wildman–Crippen MR) is 117 cm³/mol. The van der Waals surface area contributed by atoms with Gasteiger partial charge in [-0.05, 0) is 31.0 Å². The van der Waals surface area contributed by atoms with E-state index in [2.05, 4.69) is 17.1 Å². The number of nitrogens with one attached hydrogen (secondary N) is 1. The van der Waals surface area contributed by atoms with E-state index in [0.717, 1.165) is 31.6 Å². The summed E-state index contributed by atoms with van der Waals surface area (Å²) in [6, 6.07) is 5.38. The standard InChI is InChI=1S/C20H28F3N3O2.HI/c1-3-24-18(25-13-19(2)7-9-27-14-19)26-8-10-28-17(12-26)15-5-4-6-16(11-15)20(21,22)23;/h4-6,11,17H,3,7-10,12-14H2,1-2H3,(H,24,25);1H. The van der Waals surface area contributed by atoms with Gasteiger partial charge in [0.1, 0.15) is 6.10 Å². The van der Waals surface area contributed by atoms with Crippen molar-refractivity contribution >= 4 is 29.9 Å². The molecule has 3 rings (SSSR count). The van der Waals surface area contributed by atoms with E-state index in [0.29, 0.717) is 38.4 Å². The summed E-state index contributed by atoms with van der Waals surface area (Å²) in [6.45, 7) is 8.54. The van der Waals surface area contributed by atoms with Crippen LogP contribution in [-0.2, 0) is 15.7 Å². The lowest BCUT2D eigenvalue weighted by Crippen LogP contribution is -2.48. The Kier molecular flexibility index (Phi) is 8.59. The van der Waals surface area contributed by atoms with Crippen molar-refractivity contribution in [2.24, 2.45) is 10.4 Å². The average Bonchev–Trinajstić information content (AvgIpc) is 3.11. The van der Waals surface area contributed by atoms with E-state index in [1.165, 1.54) is 12.1 Å². The van der Waals surface area contributed by atoms with Crippen LogP contribution in [0.1, 0.15) is 37.5 Å². The fourth-order valence-corrected chi connectivity index (χ4v) is 3.48. The highest BCUT2D eigenvalue weighted by atomic mass is 127. The highest BCUT2D eigenvalue weighted by Crippen LogP contribution is 2.32. The van der Waals surface area contributed by atoms with E-state index in [1.807, 2.05) is 6.92 Å². The largest absolute Gasteiger partial charge is 0.416 e. The second kappa shape index (κ2) is 10.3. The molecule has 0 aliphatic carbocycles. The minimum atomic E-state index is -4.36. The van der Waals surface area contributed by atoms with Crippen LogP contribution in [-0.4, -0.2) is 56.9 Å². The van der Waals surface area contributed by atoms with Crippen LogP contribution < -0.4 is 5.32 Å². The van der Waals surface area contributed by atoms with Crippen molar-refractivity contribution in [3.63, 3.8) is 0 Å². The molecular weight excluding hydrogens is 498 g/mol. The SMILES string of the molecule is CCNC(=NCC1(C)CCOC1)N1CCOC(c2cccc(C(F)(F)F)c2)C1.I. The molecule has 0 aromatic heterocycles. The van der Waals surface area contributed by atoms with Gasteiger partial charge in [0.25, 0.3) is 0 Å². The van der Waals surface area contributed by atoms with Gasteiger partial charge in [0.05, 0.1) is 31.9 Å². The van der Waals surface area contributed by atoms with Crippen molar-refractivity contribution in [2.45, 2.75) is 32.5 Å². The van der Waals surface area contributed by atoms with E-state index in [9.17, 15) is 13.2 Å². The molecule has 9 heteroatoms. The molecule has 0 spiro atoms. The van der Waals surface area contributed by atoms with Gasteiger partial charge in [0.15, 0.2) is 5.96 Å². The van der Waals surface area contributed by atoms with E-state index in [1.54, 1.807) is 6.07 Å². The van der Waals surface area contributed by atoms with Crippen LogP contribution in [0.5, 0.6) is 0 Å². The second-order valence-electron chi connectivity index (χ2n) is 7.71. The van der Waals surface area contributed by atoms with Crippen molar-refractivity contribution in [3.8, 4) is 0 Å². The first-order valence-electron chi connectivity index (χ1n) is 9.70. The maximum absolute atomic E-state index is 13.0. The number of morpholine rings is 1. The van der Waals surface area contributed by atoms with Gasteiger partial charge < -0.3 is 19.7 Å². The number of halogens is 4. The number of hydrogen-bond acceptors (Lipinski definition) is 3. The van der Waals surface area contributed by atoms with Crippen molar-refractivity contribution in [2.75, 3.05) is 46.0 Å². The van der Waals surface area contributed by atoms with Gasteiger partial charge in [-0.2, -0.15) is 13.2 Å². The first kappa shape index (κ1) is 24.2. The van der Waals surface area contributed by atoms with Gasteiger partial charge in [-0.3, -0.25) is 4.99 Å². The van der Waals surface area contributed by atoms with Crippen LogP contribution in [0.25, 0.3) is 0 Å². The molecule has 1 aromatic rings. The Hall–Kier alpha value is -1.07. The smallest absolute Gasteiger partial charge is 0.381 e. The van der Waals surface area contributed by atoms with E-state index < -0.39 is 17.8 Å². The molecule has 2 fully saturated rings. The summed E-state index contributed by atoms with van der Waals surface area (Å²) in [5, 5.41) is 3.30. The molecule has 164 valence electrons. The Morgan fingerprint density at radius 3 is 2.79 bits per heavy atom. The lowest BCUT2D eigenvalue weighted by molar-refractivity contribution is -0.137. The monoisotopic (exact) mass is 527 g/mol. The Morgan fingerprint density at radius 2 is 2.14 bits per heavy atom. The van der Waals surface area contributed by atoms with Gasteiger partial charge in [-0.25, -0.2) is 0 Å². The summed E-state index contributed by atoms with van der Waals surface area (Å²) in [6.07, 6.45) is -3.81. The van der Waals surface area contributed by atoms with Gasteiger partial charge >= 0.3 is 6.18 Å². The van der Waals surface area contributed by atoms with Crippen molar-refractivity contribution in [3.05, 3.63) is 35.4 Å². The van der Waals surface area contributed by atoms with E-state index >= 15 is 0 Å². The predicted octanol–water partition coefficient (Wildman–Crippen LogP) is 4.09. The van der Waals surface area contributed by atoms with Crippen LogP contribution in [0.3, 0.4) is 0 Å². The molecule has 0 bridgehead atoms. The van der Waals surface area contributed by atoms with Crippen LogP contribution in [0.4, 0.5) is 13.2 Å². The zero-order valence-electron chi connectivity index (χ0n) is 16.8. The summed E-state index contributed by atoms with van der Waals surface area (Å²) >= 11 is 0. The molecule has 1 N–H and O–H groups in total. The molecule has 2 aliphatic rings. The third-order valence-electron chi connectivity index (χ3n) is 5.20. The first-order valence-corrected chi connectivity index (χ1v) is 9.70. The lowest BCUT2D eigenvalue weighted by Gasteiger charge is -2.36. The molecule has 0 saturated carbocycles. The van der Waals surface area contributed by atoms with Gasteiger partial charge in [0.2, 0.25) is 0 Å². The Labute approximate surface area is 187 Å². The lowest BCUT2D eigenvalue weighted by atomic mass is 9.90. The minimum absolute atomic E-state index is 0. The fourth-order valence-electron chi connectivity index (χ4n) is 3.48. The number of alkyl halides is 3. The number of benzene rings is 1. The summed E-state index contributed by atoms with van der Waals surface area (Å²) in [5.74, 6) is 0.774. The summed E-state index contributed by atoms with van der Waals surface area (Å²) in [4.78, 5) is 6.86.